The summed E-state index contributed by atoms with van der Waals surface area (Å²) in [4.78, 5) is 0. The molecule has 0 heterocycles. The highest BCUT2D eigenvalue weighted by atomic mass is 79.9. The Hall–Kier alpha value is -1.40. The first-order valence-corrected chi connectivity index (χ1v) is 16.2. The lowest BCUT2D eigenvalue weighted by Crippen LogP contribution is -3.00. The summed E-state index contributed by atoms with van der Waals surface area (Å²) in [5.74, 6) is 0. The van der Waals surface area contributed by atoms with Gasteiger partial charge >= 0.3 is 0 Å². The summed E-state index contributed by atoms with van der Waals surface area (Å²) in [5, 5.41) is 5.56. The van der Waals surface area contributed by atoms with E-state index in [1.54, 1.807) is 0 Å². The first-order chi connectivity index (χ1) is 16.9. The third-order valence-electron chi connectivity index (χ3n) is 6.64. The van der Waals surface area contributed by atoms with E-state index in [1.807, 2.05) is 0 Å². The van der Waals surface area contributed by atoms with Crippen LogP contribution in [-0.4, -0.2) is 11.5 Å². The van der Waals surface area contributed by atoms with Gasteiger partial charge < -0.3 is 12.4 Å². The molecule has 0 aromatic heterocycles. The molecule has 0 amide bonds. The molecular weight excluding hydrogens is 531 g/mol. The second-order valence-electron chi connectivity index (χ2n) is 9.13. The molecule has 0 saturated heterocycles. The van der Waals surface area contributed by atoms with Crippen LogP contribution in [0.5, 0.6) is 0 Å². The lowest BCUT2D eigenvalue weighted by Gasteiger charge is -2.26. The summed E-state index contributed by atoms with van der Waals surface area (Å²) in [5.41, 5.74) is 0. The van der Waals surface area contributed by atoms with Crippen LogP contribution in [-0.2, 0) is 0 Å². The fourth-order valence-corrected chi connectivity index (χ4v) is 9.19. The predicted octanol–water partition coefficient (Wildman–Crippen LogP) is 5.84. The zero-order valence-corrected chi connectivity index (χ0v) is 24.2. The molecule has 0 nitrogen and oxygen atoms in total. The normalized spacial score (nSPS) is 11.5. The van der Waals surface area contributed by atoms with Crippen LogP contribution in [0.3, 0.4) is 0 Å². The molecule has 0 N–H and O–H groups in total. The molecule has 0 radical (unpaired) electrons. The van der Waals surface area contributed by atoms with Crippen molar-refractivity contribution in [3.8, 4) is 0 Å². The molecule has 188 valence electrons. The van der Waals surface area contributed by atoms with E-state index in [9.17, 15) is 0 Å². The first kappa shape index (κ1) is 29.8. The van der Waals surface area contributed by atoms with E-state index < -0.39 is 7.26 Å². The Balaban J connectivity index is 0.00000432. The summed E-state index contributed by atoms with van der Waals surface area (Å²) in [7, 11) is -1.73. The molecule has 35 heavy (non-hydrogen) atoms. The van der Waals surface area contributed by atoms with Gasteiger partial charge in [0.25, 0.3) is 0 Å². The molecule has 0 aliphatic heterocycles. The Morgan fingerprint density at radius 2 is 0.857 bits per heavy atom. The second kappa shape index (κ2) is 17.9. The minimum atomic E-state index is -1.73. The van der Waals surface area contributed by atoms with Crippen molar-refractivity contribution in [3.63, 3.8) is 0 Å². The summed E-state index contributed by atoms with van der Waals surface area (Å²) in [6.07, 6.45) is 19.6. The van der Waals surface area contributed by atoms with Gasteiger partial charge in [0.05, 0.1) is 6.16 Å². The SMILES string of the molecule is BrCCCCCCCCCCCC=CC[P+](c1ccccc1)(c1ccccc1)c1ccccc1.[Cl-]. The van der Waals surface area contributed by atoms with Gasteiger partial charge in [-0.15, -0.1) is 0 Å². The summed E-state index contributed by atoms with van der Waals surface area (Å²) in [6, 6.07) is 33.6. The fourth-order valence-electron chi connectivity index (χ4n) is 4.76. The highest BCUT2D eigenvalue weighted by Crippen LogP contribution is 2.55. The molecule has 0 unspecified atom stereocenters. The van der Waals surface area contributed by atoms with Crippen LogP contribution in [0.25, 0.3) is 0 Å². The number of alkyl halides is 1. The molecule has 3 aromatic rings. The van der Waals surface area contributed by atoms with Crippen LogP contribution < -0.4 is 28.3 Å². The van der Waals surface area contributed by atoms with Crippen LogP contribution in [0.15, 0.2) is 103 Å². The highest BCUT2D eigenvalue weighted by molar-refractivity contribution is 9.09. The van der Waals surface area contributed by atoms with Crippen molar-refractivity contribution in [2.24, 2.45) is 0 Å². The number of halogens is 2. The number of hydrogen-bond donors (Lipinski definition) is 0. The monoisotopic (exact) mass is 570 g/mol. The number of rotatable bonds is 16. The largest absolute Gasteiger partial charge is 1.00 e. The van der Waals surface area contributed by atoms with Gasteiger partial charge in [-0.1, -0.05) is 128 Å². The maximum atomic E-state index is 3.52. The summed E-state index contributed by atoms with van der Waals surface area (Å²) >= 11 is 3.52. The standard InChI is InChI=1S/C32H41BrP.ClH/c33-28-20-9-7-5-3-1-2-4-6-8-10-21-29-34(30-22-14-11-15-23-30,31-24-16-12-17-25-31)32-26-18-13-19-27-32;/h10-19,21-27H,1-9,20,28-29H2;1H/q+1;/p-1. The fraction of sp³-hybridized carbons (Fsp3) is 0.375. The molecule has 0 atom stereocenters. The van der Waals surface area contributed by atoms with E-state index in [1.165, 1.54) is 80.1 Å². The lowest BCUT2D eigenvalue weighted by atomic mass is 10.1. The quantitative estimate of drug-likeness (QED) is 0.0878. The first-order valence-electron chi connectivity index (χ1n) is 13.1. The molecule has 0 bridgehead atoms. The zero-order valence-electron chi connectivity index (χ0n) is 21.0. The molecule has 0 aliphatic carbocycles. The molecule has 0 fully saturated rings. The number of hydrogen-bond acceptors (Lipinski definition) is 0. The third-order valence-corrected chi connectivity index (χ3v) is 11.5. The maximum absolute atomic E-state index is 3.52. The van der Waals surface area contributed by atoms with Gasteiger partial charge in [-0.3, -0.25) is 0 Å². The zero-order chi connectivity index (χ0) is 23.7. The predicted molar refractivity (Wildman–Crippen MR) is 159 cm³/mol. The molecule has 0 spiro atoms. The van der Waals surface area contributed by atoms with E-state index in [4.69, 9.17) is 0 Å². The Kier molecular flexibility index (Phi) is 15.3. The molecule has 0 aliphatic rings. The number of allylic oxidation sites excluding steroid dienone is 2. The van der Waals surface area contributed by atoms with Gasteiger partial charge in [-0.2, -0.15) is 0 Å². The van der Waals surface area contributed by atoms with Crippen molar-refractivity contribution in [2.45, 2.75) is 64.2 Å². The summed E-state index contributed by atoms with van der Waals surface area (Å²) < 4.78 is 0. The maximum Gasteiger partial charge on any atom is 0.115 e. The molecule has 3 aromatic carbocycles. The molecule has 3 heteroatoms. The highest BCUT2D eigenvalue weighted by Gasteiger charge is 2.43. The van der Waals surface area contributed by atoms with E-state index >= 15 is 0 Å². The average Bonchev–Trinajstić information content (AvgIpc) is 2.91. The Labute approximate surface area is 229 Å². The Morgan fingerprint density at radius 1 is 0.486 bits per heavy atom. The van der Waals surface area contributed by atoms with Gasteiger partial charge in [-0.05, 0) is 55.7 Å². The number of unbranched alkanes of at least 4 members (excludes halogenated alkanes) is 9. The van der Waals surface area contributed by atoms with Crippen molar-refractivity contribution >= 4 is 39.1 Å². The van der Waals surface area contributed by atoms with Gasteiger partial charge in [0.1, 0.15) is 23.2 Å². The van der Waals surface area contributed by atoms with Gasteiger partial charge in [-0.25, -0.2) is 0 Å². The van der Waals surface area contributed by atoms with Crippen molar-refractivity contribution in [1.29, 1.82) is 0 Å². The smallest absolute Gasteiger partial charge is 0.115 e. The van der Waals surface area contributed by atoms with Crippen LogP contribution >= 0.6 is 23.2 Å². The minimum absolute atomic E-state index is 0. The minimum Gasteiger partial charge on any atom is -1.00 e. The van der Waals surface area contributed by atoms with Gasteiger partial charge in [0, 0.05) is 5.33 Å². The van der Waals surface area contributed by atoms with Crippen LogP contribution in [0.2, 0.25) is 0 Å². The third kappa shape index (κ3) is 9.53. The average molecular weight is 572 g/mol. The lowest BCUT2D eigenvalue weighted by molar-refractivity contribution is -0.00000672. The molecular formula is C32H41BrClP. The van der Waals surface area contributed by atoms with Crippen molar-refractivity contribution in [2.75, 3.05) is 11.5 Å². The summed E-state index contributed by atoms with van der Waals surface area (Å²) in [6.45, 7) is 0. The second-order valence-corrected chi connectivity index (χ2v) is 13.5. The van der Waals surface area contributed by atoms with E-state index in [0.717, 1.165) is 11.5 Å². The Bertz CT molecular complexity index is 831. The van der Waals surface area contributed by atoms with Crippen LogP contribution in [0, 0.1) is 0 Å². The van der Waals surface area contributed by atoms with E-state index in [0.29, 0.717) is 0 Å². The van der Waals surface area contributed by atoms with Gasteiger partial charge in [0.2, 0.25) is 0 Å². The topological polar surface area (TPSA) is 0 Å². The van der Waals surface area contributed by atoms with Crippen molar-refractivity contribution < 1.29 is 12.4 Å². The van der Waals surface area contributed by atoms with E-state index in [-0.39, 0.29) is 12.4 Å². The molecule has 0 saturated carbocycles. The van der Waals surface area contributed by atoms with Gasteiger partial charge in [0.15, 0.2) is 0 Å². The molecule has 3 rings (SSSR count). The number of benzene rings is 3. The van der Waals surface area contributed by atoms with Crippen molar-refractivity contribution in [3.05, 3.63) is 103 Å². The van der Waals surface area contributed by atoms with Crippen LogP contribution in [0.4, 0.5) is 0 Å². The van der Waals surface area contributed by atoms with Crippen molar-refractivity contribution in [1.82, 2.24) is 0 Å². The van der Waals surface area contributed by atoms with Crippen LogP contribution in [0.1, 0.15) is 64.2 Å². The Morgan fingerprint density at radius 3 is 1.26 bits per heavy atom. The van der Waals surface area contributed by atoms with E-state index in [2.05, 4.69) is 119 Å².